The Kier molecular flexibility index (Phi) is 4.76. The first-order chi connectivity index (χ1) is 15.1. The number of carbonyl (C=O) groups excluding carboxylic acids is 1. The van der Waals surface area contributed by atoms with Crippen LogP contribution in [0.25, 0.3) is 27.9 Å². The molecule has 5 aromatic rings. The van der Waals surface area contributed by atoms with E-state index >= 15 is 0 Å². The molecule has 7 heteroatoms. The number of nitrogens with zero attached hydrogens (tertiary/aromatic N) is 3. The lowest BCUT2D eigenvalue weighted by molar-refractivity contribution is 0.0953. The first kappa shape index (κ1) is 19.1. The van der Waals surface area contributed by atoms with Gasteiger partial charge in [0.15, 0.2) is 5.65 Å². The van der Waals surface area contributed by atoms with Gasteiger partial charge in [-0.1, -0.05) is 60.1 Å². The van der Waals surface area contributed by atoms with Crippen molar-refractivity contribution in [2.45, 2.75) is 6.54 Å². The van der Waals surface area contributed by atoms with Crippen LogP contribution in [-0.2, 0) is 6.54 Å². The lowest BCUT2D eigenvalue weighted by Gasteiger charge is -2.08. The van der Waals surface area contributed by atoms with Gasteiger partial charge in [0.1, 0.15) is 16.9 Å². The van der Waals surface area contributed by atoms with E-state index in [4.69, 9.17) is 27.3 Å². The summed E-state index contributed by atoms with van der Waals surface area (Å²) < 4.78 is 1.76. The topological polar surface area (TPSA) is 85.8 Å². The van der Waals surface area contributed by atoms with Crippen molar-refractivity contribution in [2.75, 3.05) is 5.73 Å². The quantitative estimate of drug-likeness (QED) is 0.433. The molecule has 2 aromatic heterocycles. The van der Waals surface area contributed by atoms with Crippen molar-refractivity contribution in [1.29, 1.82) is 0 Å². The second-order valence-electron chi connectivity index (χ2n) is 7.09. The minimum absolute atomic E-state index is 0.275. The second-order valence-corrected chi connectivity index (χ2v) is 7.50. The van der Waals surface area contributed by atoms with Crippen LogP contribution < -0.4 is 11.1 Å². The Morgan fingerprint density at radius 2 is 1.55 bits per heavy atom. The number of hydrogen-bond donors (Lipinski definition) is 2. The molecule has 0 unspecified atom stereocenters. The van der Waals surface area contributed by atoms with Gasteiger partial charge in [-0.2, -0.15) is 0 Å². The van der Waals surface area contributed by atoms with Crippen molar-refractivity contribution in [3.05, 3.63) is 95.0 Å². The average Bonchev–Trinajstić information content (AvgIpc) is 3.08. The largest absolute Gasteiger partial charge is 0.384 e. The Bertz CT molecular complexity index is 1430. The fourth-order valence-electron chi connectivity index (χ4n) is 3.63. The van der Waals surface area contributed by atoms with Gasteiger partial charge in [0.2, 0.25) is 0 Å². The number of para-hydroxylation sites is 3. The predicted octanol–water partition coefficient (Wildman–Crippen LogP) is 4.74. The SMILES string of the molecule is Nc1c(C(=O)NCc2ccccc2Cl)c2nc3ccccc3nc2n1-c1ccccc1. The average molecular weight is 428 g/mol. The van der Waals surface area contributed by atoms with E-state index in [0.29, 0.717) is 27.3 Å². The zero-order valence-electron chi connectivity index (χ0n) is 16.4. The Morgan fingerprint density at radius 1 is 0.903 bits per heavy atom. The monoisotopic (exact) mass is 427 g/mol. The van der Waals surface area contributed by atoms with Crippen molar-refractivity contribution in [1.82, 2.24) is 19.9 Å². The molecule has 0 atom stereocenters. The number of benzene rings is 3. The van der Waals surface area contributed by atoms with E-state index in [0.717, 1.165) is 16.8 Å². The maximum atomic E-state index is 13.2. The normalized spacial score (nSPS) is 11.1. The number of nitrogens with one attached hydrogen (secondary N) is 1. The number of halogens is 1. The smallest absolute Gasteiger partial charge is 0.257 e. The van der Waals surface area contributed by atoms with Crippen LogP contribution in [-0.4, -0.2) is 20.4 Å². The minimum atomic E-state index is -0.332. The molecule has 3 aromatic carbocycles. The third kappa shape index (κ3) is 3.37. The number of rotatable bonds is 4. The fraction of sp³-hybridized carbons (Fsp3) is 0.0417. The van der Waals surface area contributed by atoms with E-state index in [2.05, 4.69) is 5.32 Å². The summed E-state index contributed by atoms with van der Waals surface area (Å²) >= 11 is 6.23. The molecule has 0 aliphatic heterocycles. The summed E-state index contributed by atoms with van der Waals surface area (Å²) in [5.41, 5.74) is 10.8. The molecular formula is C24H18ClN5O. The number of amides is 1. The molecule has 0 aliphatic rings. The Hall–Kier alpha value is -3.90. The molecule has 6 nitrogen and oxygen atoms in total. The third-order valence-corrected chi connectivity index (χ3v) is 5.51. The summed E-state index contributed by atoms with van der Waals surface area (Å²) in [4.78, 5) is 22.7. The van der Waals surface area contributed by atoms with Crippen molar-refractivity contribution < 1.29 is 4.79 Å². The molecule has 152 valence electrons. The highest BCUT2D eigenvalue weighted by Crippen LogP contribution is 2.31. The molecule has 0 saturated heterocycles. The van der Waals surface area contributed by atoms with Crippen molar-refractivity contribution in [2.24, 2.45) is 0 Å². The third-order valence-electron chi connectivity index (χ3n) is 5.14. The molecule has 0 aliphatic carbocycles. The highest BCUT2D eigenvalue weighted by molar-refractivity contribution is 6.31. The van der Waals surface area contributed by atoms with Gasteiger partial charge in [0.05, 0.1) is 11.0 Å². The molecule has 5 rings (SSSR count). The van der Waals surface area contributed by atoms with Gasteiger partial charge in [-0.05, 0) is 35.9 Å². The van der Waals surface area contributed by atoms with Crippen molar-refractivity contribution in [3.63, 3.8) is 0 Å². The van der Waals surface area contributed by atoms with Gasteiger partial charge in [-0.25, -0.2) is 9.97 Å². The van der Waals surface area contributed by atoms with Crippen LogP contribution in [0.5, 0.6) is 0 Å². The van der Waals surface area contributed by atoms with Gasteiger partial charge in [-0.3, -0.25) is 9.36 Å². The highest BCUT2D eigenvalue weighted by Gasteiger charge is 2.24. The zero-order valence-corrected chi connectivity index (χ0v) is 17.2. The minimum Gasteiger partial charge on any atom is -0.384 e. The number of aromatic nitrogens is 3. The number of fused-ring (bicyclic) bond motifs is 2. The number of carbonyl (C=O) groups is 1. The molecular weight excluding hydrogens is 410 g/mol. The van der Waals surface area contributed by atoms with Gasteiger partial charge < -0.3 is 11.1 Å². The molecule has 31 heavy (non-hydrogen) atoms. The van der Waals surface area contributed by atoms with E-state index in [1.807, 2.05) is 72.8 Å². The van der Waals surface area contributed by atoms with E-state index < -0.39 is 0 Å². The van der Waals surface area contributed by atoms with E-state index in [1.54, 1.807) is 10.6 Å². The van der Waals surface area contributed by atoms with Crippen LogP contribution in [0.1, 0.15) is 15.9 Å². The number of nitrogen functional groups attached to an aromatic ring is 1. The van der Waals surface area contributed by atoms with Crippen LogP contribution in [0.3, 0.4) is 0 Å². The maximum Gasteiger partial charge on any atom is 0.257 e. The number of hydrogen-bond acceptors (Lipinski definition) is 4. The lowest BCUT2D eigenvalue weighted by Crippen LogP contribution is -2.24. The Balaban J connectivity index is 1.66. The summed E-state index contributed by atoms with van der Waals surface area (Å²) in [5.74, 6) is -0.0464. The van der Waals surface area contributed by atoms with E-state index in [9.17, 15) is 4.79 Å². The first-order valence-electron chi connectivity index (χ1n) is 9.77. The standard InChI is InChI=1S/C24H18ClN5O/c25-17-11-5-4-8-15(17)14-27-24(31)20-21-23(29-19-13-7-6-12-18(19)28-21)30(22(20)26)16-9-2-1-3-10-16/h1-13H,14,26H2,(H,27,31). The predicted molar refractivity (Wildman–Crippen MR) is 123 cm³/mol. The van der Waals surface area contributed by atoms with Crippen molar-refractivity contribution in [3.8, 4) is 5.69 Å². The van der Waals surface area contributed by atoms with E-state index in [-0.39, 0.29) is 18.3 Å². The van der Waals surface area contributed by atoms with Gasteiger partial charge >= 0.3 is 0 Å². The molecule has 0 spiro atoms. The second kappa shape index (κ2) is 7.74. The Morgan fingerprint density at radius 3 is 2.29 bits per heavy atom. The molecule has 0 radical (unpaired) electrons. The molecule has 0 saturated carbocycles. The van der Waals surface area contributed by atoms with Crippen LogP contribution >= 0.6 is 11.6 Å². The van der Waals surface area contributed by atoms with Crippen LogP contribution in [0.15, 0.2) is 78.9 Å². The van der Waals surface area contributed by atoms with Crippen LogP contribution in [0.4, 0.5) is 5.82 Å². The first-order valence-corrected chi connectivity index (χ1v) is 10.1. The Labute approximate surface area is 183 Å². The molecule has 0 fully saturated rings. The van der Waals surface area contributed by atoms with Crippen molar-refractivity contribution >= 4 is 45.5 Å². The fourth-order valence-corrected chi connectivity index (χ4v) is 3.83. The molecule has 3 N–H and O–H groups in total. The summed E-state index contributed by atoms with van der Waals surface area (Å²) in [6, 6.07) is 24.5. The van der Waals surface area contributed by atoms with Crippen LogP contribution in [0.2, 0.25) is 5.02 Å². The van der Waals surface area contributed by atoms with Gasteiger partial charge in [0.25, 0.3) is 5.91 Å². The van der Waals surface area contributed by atoms with Crippen LogP contribution in [0, 0.1) is 0 Å². The lowest BCUT2D eigenvalue weighted by atomic mass is 10.2. The summed E-state index contributed by atoms with van der Waals surface area (Å²) in [6.45, 7) is 0.275. The number of nitrogens with two attached hydrogens (primary N) is 1. The molecule has 2 heterocycles. The van der Waals surface area contributed by atoms with Gasteiger partial charge in [0, 0.05) is 17.3 Å². The maximum absolute atomic E-state index is 13.2. The summed E-state index contributed by atoms with van der Waals surface area (Å²) in [6.07, 6.45) is 0. The molecule has 0 bridgehead atoms. The highest BCUT2D eigenvalue weighted by atomic mass is 35.5. The van der Waals surface area contributed by atoms with E-state index in [1.165, 1.54) is 0 Å². The van der Waals surface area contributed by atoms with Gasteiger partial charge in [-0.15, -0.1) is 0 Å². The molecule has 1 amide bonds. The summed E-state index contributed by atoms with van der Waals surface area (Å²) in [7, 11) is 0. The zero-order chi connectivity index (χ0) is 21.4. The summed E-state index contributed by atoms with van der Waals surface area (Å²) in [5, 5.41) is 3.51. The number of anilines is 1.